The van der Waals surface area contributed by atoms with E-state index in [1.54, 1.807) is 0 Å². The van der Waals surface area contributed by atoms with Gasteiger partial charge in [0.1, 0.15) is 5.82 Å². The first-order chi connectivity index (χ1) is 50.1. The summed E-state index contributed by atoms with van der Waals surface area (Å²) < 4.78 is 24.8. The lowest BCUT2D eigenvalue weighted by atomic mass is 9.98. The second kappa shape index (κ2) is 25.7. The zero-order valence-electron chi connectivity index (χ0n) is 54.4. The van der Waals surface area contributed by atoms with Crippen LogP contribution in [0.4, 0.5) is 15.8 Å². The van der Waals surface area contributed by atoms with Crippen LogP contribution >= 0.6 is 0 Å². The highest BCUT2D eigenvalue weighted by molar-refractivity contribution is 6.17. The van der Waals surface area contributed by atoms with Gasteiger partial charge in [-0.15, -0.1) is 0 Å². The molecule has 476 valence electrons. The molecular weight excluding hydrogens is 1240 g/mol. The van der Waals surface area contributed by atoms with Crippen LogP contribution < -0.4 is 5.32 Å². The smallest absolute Gasteiger partial charge is 0.169 e. The summed E-state index contributed by atoms with van der Waals surface area (Å²) in [6, 6.07) is 119. The van der Waals surface area contributed by atoms with E-state index in [1.807, 2.05) is 188 Å². The zero-order valence-corrected chi connectivity index (χ0v) is 54.4. The van der Waals surface area contributed by atoms with Gasteiger partial charge in [0.2, 0.25) is 0 Å². The van der Waals surface area contributed by atoms with E-state index in [4.69, 9.17) is 29.9 Å². The second-order valence-electron chi connectivity index (χ2n) is 24.7. The van der Waals surface area contributed by atoms with Gasteiger partial charge in [0, 0.05) is 82.8 Å². The van der Waals surface area contributed by atoms with E-state index in [9.17, 15) is 0 Å². The molecule has 0 fully saturated rings. The van der Waals surface area contributed by atoms with Crippen molar-refractivity contribution >= 4 is 76.8 Å². The van der Waals surface area contributed by atoms with E-state index < -0.39 is 5.82 Å². The number of benzene rings is 14. The summed E-state index contributed by atoms with van der Waals surface area (Å²) >= 11 is 0. The van der Waals surface area contributed by atoms with E-state index in [-0.39, 0.29) is 11.4 Å². The van der Waals surface area contributed by atoms with Crippen molar-refractivity contribution in [3.05, 3.63) is 358 Å². The summed E-state index contributed by atoms with van der Waals surface area (Å²) in [6.07, 6.45) is 0. The molecule has 11 heteroatoms. The molecule has 14 aromatic carbocycles. The third-order valence-electron chi connectivity index (χ3n) is 18.7. The van der Waals surface area contributed by atoms with E-state index >= 15 is 4.39 Å². The summed E-state index contributed by atoms with van der Waals surface area (Å²) in [6.45, 7) is 0. The van der Waals surface area contributed by atoms with Crippen LogP contribution in [0.3, 0.4) is 0 Å². The molecule has 0 aliphatic carbocycles. The molecule has 5 aromatic heterocycles. The van der Waals surface area contributed by atoms with Gasteiger partial charge in [0.25, 0.3) is 0 Å². The van der Waals surface area contributed by atoms with Crippen LogP contribution in [0.5, 0.6) is 0 Å². The van der Waals surface area contributed by atoms with Gasteiger partial charge in [-0.3, -0.25) is 0 Å². The summed E-state index contributed by atoms with van der Waals surface area (Å²) in [5.74, 6) is 2.60. The minimum absolute atomic E-state index is 0.243. The van der Waals surface area contributed by atoms with E-state index in [0.29, 0.717) is 40.4 Å². The minimum atomic E-state index is -0.430. The number of aromatic nitrogens is 9. The zero-order chi connectivity index (χ0) is 67.2. The van der Waals surface area contributed by atoms with E-state index in [1.165, 1.54) is 16.2 Å². The molecule has 101 heavy (non-hydrogen) atoms. The number of nitrogens with one attached hydrogen (secondary N) is 1. The number of fused-ring (bicyclic) bond motifs is 9. The molecule has 19 rings (SSSR count). The molecule has 5 heterocycles. The Balaban J connectivity index is 0.000000145. The number of nitrogens with zero attached hydrogens (tertiary/aromatic N) is 9. The van der Waals surface area contributed by atoms with Crippen LogP contribution in [-0.4, -0.2) is 43.6 Å². The van der Waals surface area contributed by atoms with Crippen molar-refractivity contribution in [2.75, 3.05) is 5.32 Å². The maximum Gasteiger partial charge on any atom is 0.169 e. The van der Waals surface area contributed by atoms with Gasteiger partial charge in [-0.05, 0) is 78.9 Å². The minimum Gasteiger partial charge on any atom is -0.355 e. The van der Waals surface area contributed by atoms with Crippen LogP contribution in [0.2, 0.25) is 0 Å². The maximum atomic E-state index is 17.9. The Morgan fingerprint density at radius 2 is 0.554 bits per heavy atom. The second-order valence-corrected chi connectivity index (χ2v) is 24.7. The first kappa shape index (κ1) is 59.7. The standard InChI is InChI=1S/C45H30FN5.C45H29N5/c46-42-36(33-22-10-13-25-37(33)47-32-20-8-3-9-21-32)28-29-40(51-38-26-14-11-23-34(38)35-24-12-15-27-39(35)51)41(42)45-49-43(30-16-4-1-5-17-30)48-44(50-45)31-18-6-2-7-19-31;1-4-16-30(17-5-1)43-46-44(31-18-6-2-7-19-31)48-45(47-43)41-40(50-38-26-14-10-22-33(38)34-23-11-15-27-39(34)50)29-28-36-35-24-12-13-25-37(35)49(42(36)41)32-20-8-3-9-21-32/h1-29,47H;1-29H. The number of rotatable bonds is 12. The van der Waals surface area contributed by atoms with Crippen LogP contribution in [0, 0.1) is 5.82 Å². The Morgan fingerprint density at radius 3 is 0.990 bits per heavy atom. The summed E-state index contributed by atoms with van der Waals surface area (Å²) in [4.78, 5) is 30.7. The van der Waals surface area contributed by atoms with Crippen LogP contribution in [0.25, 0.3) is 162 Å². The fourth-order valence-electron chi connectivity index (χ4n) is 14.2. The van der Waals surface area contributed by atoms with E-state index in [2.05, 4.69) is 183 Å². The van der Waals surface area contributed by atoms with Crippen molar-refractivity contribution in [3.63, 3.8) is 0 Å². The number of anilines is 2. The van der Waals surface area contributed by atoms with Gasteiger partial charge in [0.05, 0.1) is 55.6 Å². The highest BCUT2D eigenvalue weighted by Crippen LogP contribution is 2.46. The number of hydrogen-bond acceptors (Lipinski definition) is 7. The lowest BCUT2D eigenvalue weighted by Crippen LogP contribution is -2.06. The molecule has 0 unspecified atom stereocenters. The average Bonchev–Trinajstić information content (AvgIpc) is 1.60. The summed E-state index contributed by atoms with van der Waals surface area (Å²) in [7, 11) is 0. The molecule has 0 saturated heterocycles. The largest absolute Gasteiger partial charge is 0.355 e. The molecular formula is C90H59FN10. The highest BCUT2D eigenvalue weighted by Gasteiger charge is 2.28. The molecule has 0 amide bonds. The van der Waals surface area contributed by atoms with Crippen molar-refractivity contribution < 1.29 is 4.39 Å². The lowest BCUT2D eigenvalue weighted by Gasteiger charge is -2.19. The molecule has 0 atom stereocenters. The van der Waals surface area contributed by atoms with Crippen LogP contribution in [0.1, 0.15) is 0 Å². The third-order valence-corrected chi connectivity index (χ3v) is 18.7. The fraction of sp³-hybridized carbons (Fsp3) is 0. The normalized spacial score (nSPS) is 11.4. The number of hydrogen-bond donors (Lipinski definition) is 1. The molecule has 0 radical (unpaired) electrons. The average molecular weight is 1300 g/mol. The van der Waals surface area contributed by atoms with Gasteiger partial charge in [-0.25, -0.2) is 34.3 Å². The molecule has 0 aliphatic rings. The quantitative estimate of drug-likeness (QED) is 0.130. The van der Waals surface area contributed by atoms with Gasteiger partial charge in [0.15, 0.2) is 34.9 Å². The van der Waals surface area contributed by atoms with Crippen molar-refractivity contribution in [2.24, 2.45) is 0 Å². The first-order valence-corrected chi connectivity index (χ1v) is 33.6. The van der Waals surface area contributed by atoms with E-state index in [0.717, 1.165) is 105 Å². The van der Waals surface area contributed by atoms with Crippen LogP contribution in [-0.2, 0) is 0 Å². The molecule has 0 aliphatic heterocycles. The summed E-state index contributed by atoms with van der Waals surface area (Å²) in [5, 5.41) is 10.3. The fourth-order valence-corrected chi connectivity index (χ4v) is 14.2. The molecule has 1 N–H and O–H groups in total. The van der Waals surface area contributed by atoms with Crippen molar-refractivity contribution in [1.29, 1.82) is 0 Å². The topological polar surface area (TPSA) is 104 Å². The van der Waals surface area contributed by atoms with Gasteiger partial charge in [-0.2, -0.15) is 0 Å². The molecule has 0 bridgehead atoms. The Hall–Kier alpha value is -13.8. The highest BCUT2D eigenvalue weighted by atomic mass is 19.1. The van der Waals surface area contributed by atoms with Crippen molar-refractivity contribution in [1.82, 2.24) is 43.6 Å². The number of para-hydroxylation sites is 8. The Kier molecular flexibility index (Phi) is 15.2. The Bertz CT molecular complexity index is 6070. The van der Waals surface area contributed by atoms with Crippen LogP contribution in [0.15, 0.2) is 352 Å². The monoisotopic (exact) mass is 1300 g/mol. The molecule has 0 saturated carbocycles. The number of halogens is 1. The summed E-state index contributed by atoms with van der Waals surface area (Å²) in [5.41, 5.74) is 16.6. The lowest BCUT2D eigenvalue weighted by molar-refractivity contribution is 0.632. The Labute approximate surface area is 581 Å². The van der Waals surface area contributed by atoms with Gasteiger partial charge < -0.3 is 19.0 Å². The molecule has 0 spiro atoms. The van der Waals surface area contributed by atoms with Crippen molar-refractivity contribution in [3.8, 4) is 96.5 Å². The first-order valence-electron chi connectivity index (χ1n) is 33.6. The van der Waals surface area contributed by atoms with Gasteiger partial charge >= 0.3 is 0 Å². The third kappa shape index (κ3) is 10.8. The maximum absolute atomic E-state index is 17.9. The molecule has 10 nitrogen and oxygen atoms in total. The molecule has 19 aromatic rings. The Morgan fingerprint density at radius 1 is 0.238 bits per heavy atom. The predicted octanol–water partition coefficient (Wildman–Crippen LogP) is 22.6. The van der Waals surface area contributed by atoms with Gasteiger partial charge in [-0.1, -0.05) is 273 Å². The SMILES string of the molecule is Fc1c(-c2ccccc2Nc2ccccc2)ccc(-n2c3ccccc3c3ccccc32)c1-c1nc(-c2ccccc2)nc(-c2ccccc2)n1.c1ccc(-c2nc(-c3ccccc3)nc(-c3c(-n4c5ccccc5c5ccccc54)ccc4c5ccccc5n(-c5ccccc5)c34)n2)cc1. The van der Waals surface area contributed by atoms with Crippen molar-refractivity contribution in [2.45, 2.75) is 0 Å². The predicted molar refractivity (Wildman–Crippen MR) is 410 cm³/mol.